The van der Waals surface area contributed by atoms with Crippen molar-refractivity contribution >= 4 is 41.4 Å². The molecule has 0 radical (unpaired) electrons. The van der Waals surface area contributed by atoms with Crippen LogP contribution in [0.15, 0.2) is 4.99 Å². The summed E-state index contributed by atoms with van der Waals surface area (Å²) in [6.45, 7) is 5.15. The number of guanidine groups is 1. The molecule has 4 atom stereocenters. The fourth-order valence-corrected chi connectivity index (χ4v) is 2.97. The molecular formula is C19H37N7O5S. The highest BCUT2D eigenvalue weighted by molar-refractivity contribution is 7.98. The molecule has 32 heavy (non-hydrogen) atoms. The van der Waals surface area contributed by atoms with Crippen molar-refractivity contribution in [2.45, 2.75) is 64.2 Å². The summed E-state index contributed by atoms with van der Waals surface area (Å²) in [4.78, 5) is 52.8. The minimum absolute atomic E-state index is 0.0850. The largest absolute Gasteiger partial charge is 0.480 e. The van der Waals surface area contributed by atoms with Crippen molar-refractivity contribution in [2.75, 3.05) is 18.6 Å². The van der Waals surface area contributed by atoms with Gasteiger partial charge < -0.3 is 38.3 Å². The number of amides is 3. The van der Waals surface area contributed by atoms with E-state index in [2.05, 4.69) is 20.9 Å². The summed E-state index contributed by atoms with van der Waals surface area (Å²) in [5, 5.41) is 16.6. The molecule has 12 nitrogen and oxygen atoms in total. The first kappa shape index (κ1) is 29.5. The van der Waals surface area contributed by atoms with Gasteiger partial charge in [0.05, 0.1) is 6.04 Å². The summed E-state index contributed by atoms with van der Waals surface area (Å²) < 4.78 is 0. The molecule has 0 saturated carbocycles. The zero-order valence-corrected chi connectivity index (χ0v) is 19.9. The van der Waals surface area contributed by atoms with Gasteiger partial charge in [-0.15, -0.1) is 0 Å². The SMILES string of the molecule is CSCCC(NC(=O)C(CCCN=C(N)N)NC(=O)C(N)C(C)C)C(=O)NC(C)C(=O)O. The number of aliphatic carboxylic acids is 1. The quantitative estimate of drug-likeness (QED) is 0.0817. The van der Waals surface area contributed by atoms with Crippen molar-refractivity contribution in [3.05, 3.63) is 0 Å². The Labute approximate surface area is 192 Å². The Bertz CT molecular complexity index is 670. The highest BCUT2D eigenvalue weighted by Gasteiger charge is 2.29. The molecule has 0 heterocycles. The minimum Gasteiger partial charge on any atom is -0.480 e. The number of carbonyl (C=O) groups excluding carboxylic acids is 3. The number of thioether (sulfide) groups is 1. The van der Waals surface area contributed by atoms with Crippen LogP contribution in [0.25, 0.3) is 0 Å². The maximum Gasteiger partial charge on any atom is 0.325 e. The lowest BCUT2D eigenvalue weighted by Crippen LogP contribution is -2.57. The third-order valence-electron chi connectivity index (χ3n) is 4.57. The Hall–Kier alpha value is -2.54. The van der Waals surface area contributed by atoms with Crippen molar-refractivity contribution in [3.63, 3.8) is 0 Å². The van der Waals surface area contributed by atoms with Crippen LogP contribution in [-0.4, -0.2) is 77.5 Å². The molecule has 0 fully saturated rings. The molecule has 0 bridgehead atoms. The van der Waals surface area contributed by atoms with E-state index in [-0.39, 0.29) is 31.3 Å². The molecule has 0 aromatic rings. The van der Waals surface area contributed by atoms with Crippen molar-refractivity contribution in [1.29, 1.82) is 0 Å². The lowest BCUT2D eigenvalue weighted by atomic mass is 10.0. The average Bonchev–Trinajstić information content (AvgIpc) is 2.71. The second-order valence-electron chi connectivity index (χ2n) is 7.69. The molecule has 3 amide bonds. The van der Waals surface area contributed by atoms with Crippen LogP contribution in [0, 0.1) is 5.92 Å². The molecule has 184 valence electrons. The number of carboxylic acid groups (broad SMARTS) is 1. The van der Waals surface area contributed by atoms with E-state index in [4.69, 9.17) is 22.3 Å². The van der Waals surface area contributed by atoms with Gasteiger partial charge in [-0.3, -0.25) is 24.2 Å². The smallest absolute Gasteiger partial charge is 0.325 e. The van der Waals surface area contributed by atoms with Crippen LogP contribution in [0.5, 0.6) is 0 Å². The molecule has 0 aromatic heterocycles. The Morgan fingerprint density at radius 3 is 1.97 bits per heavy atom. The average molecular weight is 476 g/mol. The van der Waals surface area contributed by atoms with Gasteiger partial charge >= 0.3 is 5.97 Å². The fraction of sp³-hybridized carbons (Fsp3) is 0.737. The molecule has 13 heteroatoms. The van der Waals surface area contributed by atoms with Crippen LogP contribution in [0.2, 0.25) is 0 Å². The second-order valence-corrected chi connectivity index (χ2v) is 8.68. The van der Waals surface area contributed by atoms with Crippen molar-refractivity contribution in [2.24, 2.45) is 28.1 Å². The van der Waals surface area contributed by atoms with Gasteiger partial charge in [-0.2, -0.15) is 11.8 Å². The van der Waals surface area contributed by atoms with Gasteiger partial charge in [0.25, 0.3) is 0 Å². The van der Waals surface area contributed by atoms with E-state index in [0.29, 0.717) is 12.2 Å². The van der Waals surface area contributed by atoms with Crippen LogP contribution in [-0.2, 0) is 19.2 Å². The van der Waals surface area contributed by atoms with Crippen molar-refractivity contribution in [1.82, 2.24) is 16.0 Å². The number of rotatable bonds is 15. The Morgan fingerprint density at radius 2 is 1.47 bits per heavy atom. The van der Waals surface area contributed by atoms with Gasteiger partial charge in [-0.1, -0.05) is 13.8 Å². The zero-order chi connectivity index (χ0) is 24.8. The third-order valence-corrected chi connectivity index (χ3v) is 5.22. The van der Waals surface area contributed by atoms with Crippen LogP contribution < -0.4 is 33.2 Å². The van der Waals surface area contributed by atoms with Gasteiger partial charge in [-0.05, 0) is 44.1 Å². The molecule has 0 aromatic carbocycles. The highest BCUT2D eigenvalue weighted by atomic mass is 32.2. The number of hydrogen-bond acceptors (Lipinski definition) is 7. The molecule has 0 aliphatic heterocycles. The summed E-state index contributed by atoms with van der Waals surface area (Å²) >= 11 is 1.47. The zero-order valence-electron chi connectivity index (χ0n) is 19.1. The Morgan fingerprint density at radius 1 is 0.938 bits per heavy atom. The monoisotopic (exact) mass is 475 g/mol. The van der Waals surface area contributed by atoms with E-state index < -0.39 is 47.9 Å². The standard InChI is InChI=1S/C19H37N7O5S/c1-10(2)14(20)17(29)26-12(6-5-8-23-19(21)22)16(28)25-13(7-9-32-4)15(27)24-11(3)18(30)31/h10-14H,5-9,20H2,1-4H3,(H,24,27)(H,25,28)(H,26,29)(H,30,31)(H4,21,22,23). The summed E-state index contributed by atoms with van der Waals surface area (Å²) in [5.74, 6) is -2.56. The predicted molar refractivity (Wildman–Crippen MR) is 125 cm³/mol. The van der Waals surface area contributed by atoms with Crippen molar-refractivity contribution in [3.8, 4) is 0 Å². The lowest BCUT2D eigenvalue weighted by Gasteiger charge is -2.25. The van der Waals surface area contributed by atoms with Crippen LogP contribution in [0.3, 0.4) is 0 Å². The number of carboxylic acids is 1. The Balaban J connectivity index is 5.40. The van der Waals surface area contributed by atoms with Gasteiger partial charge in [0, 0.05) is 6.54 Å². The first-order valence-electron chi connectivity index (χ1n) is 10.3. The summed E-state index contributed by atoms with van der Waals surface area (Å²) in [6, 6.07) is -3.86. The molecular weight excluding hydrogens is 438 g/mol. The van der Waals surface area contributed by atoms with E-state index in [1.165, 1.54) is 18.7 Å². The molecule has 10 N–H and O–H groups in total. The Kier molecular flexibility index (Phi) is 14.1. The molecule has 0 aliphatic carbocycles. The number of nitrogens with zero attached hydrogens (tertiary/aromatic N) is 1. The topological polar surface area (TPSA) is 215 Å². The number of aliphatic imine (C=N–C) groups is 1. The highest BCUT2D eigenvalue weighted by Crippen LogP contribution is 2.06. The molecule has 0 rings (SSSR count). The molecule has 4 unspecified atom stereocenters. The van der Waals surface area contributed by atoms with Crippen LogP contribution in [0.4, 0.5) is 0 Å². The minimum atomic E-state index is -1.19. The van der Waals surface area contributed by atoms with E-state index in [9.17, 15) is 19.2 Å². The number of hydrogen-bond donors (Lipinski definition) is 7. The first-order valence-corrected chi connectivity index (χ1v) is 11.7. The maximum atomic E-state index is 12.9. The number of nitrogens with one attached hydrogen (secondary N) is 3. The van der Waals surface area contributed by atoms with E-state index in [1.807, 2.05) is 6.26 Å². The fourth-order valence-electron chi connectivity index (χ4n) is 2.50. The molecule has 0 spiro atoms. The normalized spacial score (nSPS) is 14.6. The van der Waals surface area contributed by atoms with Gasteiger partial charge in [0.1, 0.15) is 18.1 Å². The van der Waals surface area contributed by atoms with Crippen LogP contribution >= 0.6 is 11.8 Å². The first-order chi connectivity index (χ1) is 14.9. The van der Waals surface area contributed by atoms with Crippen molar-refractivity contribution < 1.29 is 24.3 Å². The third kappa shape index (κ3) is 11.7. The van der Waals surface area contributed by atoms with Gasteiger partial charge in [0.2, 0.25) is 17.7 Å². The summed E-state index contributed by atoms with van der Waals surface area (Å²) in [6.07, 6.45) is 2.73. The lowest BCUT2D eigenvalue weighted by molar-refractivity contribution is -0.141. The number of carbonyl (C=O) groups is 4. The predicted octanol–water partition coefficient (Wildman–Crippen LogP) is -1.66. The summed E-state index contributed by atoms with van der Waals surface area (Å²) in [7, 11) is 0. The van der Waals surface area contributed by atoms with Gasteiger partial charge in [0.15, 0.2) is 5.96 Å². The van der Waals surface area contributed by atoms with Gasteiger partial charge in [-0.25, -0.2) is 0 Å². The second kappa shape index (κ2) is 15.3. The maximum absolute atomic E-state index is 12.9. The molecule has 0 saturated heterocycles. The number of nitrogens with two attached hydrogens (primary N) is 3. The van der Waals surface area contributed by atoms with E-state index in [0.717, 1.165) is 0 Å². The molecule has 0 aliphatic rings. The van der Waals surface area contributed by atoms with Crippen LogP contribution in [0.1, 0.15) is 40.0 Å². The van der Waals surface area contributed by atoms with E-state index >= 15 is 0 Å². The summed E-state index contributed by atoms with van der Waals surface area (Å²) in [5.41, 5.74) is 16.5. The van der Waals surface area contributed by atoms with E-state index in [1.54, 1.807) is 13.8 Å².